The predicted molar refractivity (Wildman–Crippen MR) is 82.6 cm³/mol. The Hall–Kier alpha value is -1.36. The van der Waals surface area contributed by atoms with Gasteiger partial charge >= 0.3 is 0 Å². The Labute approximate surface area is 121 Å². The van der Waals surface area contributed by atoms with Crippen LogP contribution in [0, 0.1) is 6.92 Å². The zero-order valence-corrected chi connectivity index (χ0v) is 13.1. The van der Waals surface area contributed by atoms with E-state index in [1.165, 1.54) is 0 Å². The molecule has 0 saturated carbocycles. The number of morpholine rings is 1. The molecule has 5 nitrogen and oxygen atoms in total. The summed E-state index contributed by atoms with van der Waals surface area (Å²) in [5, 5.41) is 3.36. The molecular formula is C15H26N4O. The summed E-state index contributed by atoms with van der Waals surface area (Å²) in [6, 6.07) is 0.362. The van der Waals surface area contributed by atoms with Gasteiger partial charge in [0.25, 0.3) is 0 Å². The Morgan fingerprint density at radius 2 is 2.15 bits per heavy atom. The second kappa shape index (κ2) is 6.88. The van der Waals surface area contributed by atoms with Crippen molar-refractivity contribution < 1.29 is 4.74 Å². The fourth-order valence-corrected chi connectivity index (χ4v) is 2.55. The van der Waals surface area contributed by atoms with Gasteiger partial charge in [-0.25, -0.2) is 9.97 Å². The molecule has 0 bridgehead atoms. The van der Waals surface area contributed by atoms with Crippen molar-refractivity contribution in [3.63, 3.8) is 0 Å². The first-order valence-electron chi connectivity index (χ1n) is 7.63. The largest absolute Gasteiger partial charge is 0.377 e. The van der Waals surface area contributed by atoms with Crippen LogP contribution in [0.1, 0.15) is 38.6 Å². The summed E-state index contributed by atoms with van der Waals surface area (Å²) in [6.45, 7) is 11.9. The van der Waals surface area contributed by atoms with Crippen LogP contribution in [0.3, 0.4) is 0 Å². The van der Waals surface area contributed by atoms with Crippen molar-refractivity contribution in [2.24, 2.45) is 0 Å². The Morgan fingerprint density at radius 3 is 2.80 bits per heavy atom. The van der Waals surface area contributed by atoms with Crippen molar-refractivity contribution in [1.82, 2.24) is 9.97 Å². The zero-order chi connectivity index (χ0) is 14.5. The van der Waals surface area contributed by atoms with Gasteiger partial charge in [-0.3, -0.25) is 0 Å². The molecule has 1 N–H and O–H groups in total. The number of hydrogen-bond acceptors (Lipinski definition) is 5. The highest BCUT2D eigenvalue weighted by atomic mass is 16.5. The van der Waals surface area contributed by atoms with Crippen LogP contribution in [0.15, 0.2) is 0 Å². The smallest absolute Gasteiger partial charge is 0.137 e. The molecule has 1 aliphatic heterocycles. The van der Waals surface area contributed by atoms with Gasteiger partial charge in [0.15, 0.2) is 0 Å². The lowest BCUT2D eigenvalue weighted by molar-refractivity contribution is 0.0984. The summed E-state index contributed by atoms with van der Waals surface area (Å²) in [7, 11) is 0. The molecule has 0 spiro atoms. The van der Waals surface area contributed by atoms with E-state index in [-0.39, 0.29) is 0 Å². The van der Waals surface area contributed by atoms with Crippen molar-refractivity contribution in [1.29, 1.82) is 0 Å². The topological polar surface area (TPSA) is 50.3 Å². The van der Waals surface area contributed by atoms with Crippen molar-refractivity contribution in [2.75, 3.05) is 36.5 Å². The minimum atomic E-state index is 0.362. The second-order valence-corrected chi connectivity index (χ2v) is 5.33. The lowest BCUT2D eigenvalue weighted by Gasteiger charge is -2.35. The van der Waals surface area contributed by atoms with Crippen LogP contribution in [0.2, 0.25) is 0 Å². The zero-order valence-electron chi connectivity index (χ0n) is 13.1. The lowest BCUT2D eigenvalue weighted by Crippen LogP contribution is -2.44. The van der Waals surface area contributed by atoms with E-state index < -0.39 is 0 Å². The van der Waals surface area contributed by atoms with E-state index in [4.69, 9.17) is 9.72 Å². The monoisotopic (exact) mass is 278 g/mol. The molecule has 2 rings (SSSR count). The summed E-state index contributed by atoms with van der Waals surface area (Å²) >= 11 is 0. The third-order valence-corrected chi connectivity index (χ3v) is 3.62. The van der Waals surface area contributed by atoms with Crippen molar-refractivity contribution in [3.8, 4) is 0 Å². The van der Waals surface area contributed by atoms with E-state index in [9.17, 15) is 0 Å². The molecular weight excluding hydrogens is 252 g/mol. The van der Waals surface area contributed by atoms with Gasteiger partial charge in [-0.1, -0.05) is 6.92 Å². The summed E-state index contributed by atoms with van der Waals surface area (Å²) < 4.78 is 5.53. The highest BCUT2D eigenvalue weighted by Gasteiger charge is 2.23. The van der Waals surface area contributed by atoms with Crippen LogP contribution in [-0.4, -0.2) is 42.3 Å². The summed E-state index contributed by atoms with van der Waals surface area (Å²) in [4.78, 5) is 11.8. The first kappa shape index (κ1) is 15.0. The normalized spacial score (nSPS) is 19.2. The van der Waals surface area contributed by atoms with Crippen LogP contribution in [0.4, 0.5) is 11.6 Å². The molecule has 1 atom stereocenters. The molecule has 1 aliphatic rings. The number of ether oxygens (including phenoxy) is 1. The summed E-state index contributed by atoms with van der Waals surface area (Å²) in [5.74, 6) is 2.97. The Balaban J connectivity index is 2.38. The van der Waals surface area contributed by atoms with Crippen molar-refractivity contribution in [2.45, 2.75) is 46.6 Å². The molecule has 1 aromatic rings. The van der Waals surface area contributed by atoms with Gasteiger partial charge in [-0.05, 0) is 27.2 Å². The molecule has 0 amide bonds. The summed E-state index contributed by atoms with van der Waals surface area (Å²) in [6.07, 6.45) is 1.98. The maximum Gasteiger partial charge on any atom is 0.137 e. The Bertz CT molecular complexity index is 450. The number of aromatic nitrogens is 2. The molecule has 112 valence electrons. The highest BCUT2D eigenvalue weighted by molar-refractivity contribution is 5.59. The van der Waals surface area contributed by atoms with Crippen LogP contribution in [-0.2, 0) is 11.2 Å². The molecule has 20 heavy (non-hydrogen) atoms. The van der Waals surface area contributed by atoms with E-state index in [0.29, 0.717) is 6.04 Å². The van der Waals surface area contributed by atoms with Gasteiger partial charge in [0, 0.05) is 25.1 Å². The number of hydrogen-bond donors (Lipinski definition) is 1. The van der Waals surface area contributed by atoms with E-state index in [1.807, 2.05) is 0 Å². The molecule has 5 heteroatoms. The van der Waals surface area contributed by atoms with Crippen molar-refractivity contribution in [3.05, 3.63) is 11.4 Å². The maximum absolute atomic E-state index is 5.53. The number of nitrogens with zero attached hydrogens (tertiary/aromatic N) is 3. The minimum Gasteiger partial charge on any atom is -0.377 e. The van der Waals surface area contributed by atoms with Gasteiger partial charge in [-0.15, -0.1) is 0 Å². The van der Waals surface area contributed by atoms with E-state index in [0.717, 1.165) is 62.2 Å². The average Bonchev–Trinajstić information content (AvgIpc) is 2.44. The second-order valence-electron chi connectivity index (χ2n) is 5.33. The molecule has 0 aromatic carbocycles. The first-order chi connectivity index (χ1) is 9.67. The number of rotatable bonds is 5. The average molecular weight is 278 g/mol. The Morgan fingerprint density at radius 1 is 1.35 bits per heavy atom. The number of aryl methyl sites for hydroxylation is 1. The van der Waals surface area contributed by atoms with E-state index in [2.05, 4.69) is 42.9 Å². The quantitative estimate of drug-likeness (QED) is 0.896. The maximum atomic E-state index is 5.53. The van der Waals surface area contributed by atoms with Gasteiger partial charge < -0.3 is 15.0 Å². The number of nitrogens with one attached hydrogen (secondary N) is 1. The van der Waals surface area contributed by atoms with Crippen molar-refractivity contribution >= 4 is 11.6 Å². The van der Waals surface area contributed by atoms with E-state index in [1.54, 1.807) is 0 Å². The molecule has 2 heterocycles. The third-order valence-electron chi connectivity index (χ3n) is 3.62. The third kappa shape index (κ3) is 3.20. The number of anilines is 2. The summed E-state index contributed by atoms with van der Waals surface area (Å²) in [5.41, 5.74) is 1.14. The van der Waals surface area contributed by atoms with Gasteiger partial charge in [-0.2, -0.15) is 0 Å². The molecule has 1 aromatic heterocycles. The Kier molecular flexibility index (Phi) is 5.17. The molecule has 1 saturated heterocycles. The minimum absolute atomic E-state index is 0.362. The molecule has 1 fully saturated rings. The first-order valence-corrected chi connectivity index (χ1v) is 7.63. The molecule has 0 aliphatic carbocycles. The van der Waals surface area contributed by atoms with Crippen LogP contribution < -0.4 is 10.2 Å². The lowest BCUT2D eigenvalue weighted by atomic mass is 10.2. The molecule has 0 radical (unpaired) electrons. The highest BCUT2D eigenvalue weighted by Crippen LogP contribution is 2.26. The van der Waals surface area contributed by atoms with E-state index >= 15 is 0 Å². The van der Waals surface area contributed by atoms with Crippen LogP contribution in [0.25, 0.3) is 0 Å². The fraction of sp³-hybridized carbons (Fsp3) is 0.733. The van der Waals surface area contributed by atoms with Gasteiger partial charge in [0.05, 0.1) is 19.3 Å². The van der Waals surface area contributed by atoms with Gasteiger partial charge in [0.1, 0.15) is 17.5 Å². The SMILES string of the molecule is CCCc1nc(NCC)c(C)c(N2CCOCC2C)n1. The van der Waals surface area contributed by atoms with Gasteiger partial charge in [0.2, 0.25) is 0 Å². The molecule has 1 unspecified atom stereocenters. The fourth-order valence-electron chi connectivity index (χ4n) is 2.55. The van der Waals surface area contributed by atoms with Crippen LogP contribution >= 0.6 is 0 Å². The standard InChI is InChI=1S/C15H26N4O/c1-5-7-13-17-14(16-6-2)12(4)15(18-13)19-8-9-20-10-11(19)3/h11H,5-10H2,1-4H3,(H,16,17,18). The van der Waals surface area contributed by atoms with Crippen LogP contribution in [0.5, 0.6) is 0 Å². The predicted octanol–water partition coefficient (Wildman–Crippen LogP) is 2.39.